The van der Waals surface area contributed by atoms with Crippen molar-refractivity contribution in [1.29, 1.82) is 0 Å². The molecule has 1 unspecified atom stereocenters. The van der Waals surface area contributed by atoms with Crippen LogP contribution in [0, 0.1) is 18.8 Å². The summed E-state index contributed by atoms with van der Waals surface area (Å²) in [6.07, 6.45) is 1.26. The Bertz CT molecular complexity index is 924. The minimum atomic E-state index is 0.0647. The minimum Gasteiger partial charge on any atom is -0.497 e. The van der Waals surface area contributed by atoms with Gasteiger partial charge in [-0.25, -0.2) is 4.98 Å². The van der Waals surface area contributed by atoms with Crippen LogP contribution in [0.15, 0.2) is 24.3 Å². The molecule has 2 aromatic heterocycles. The molecule has 27 heavy (non-hydrogen) atoms. The van der Waals surface area contributed by atoms with E-state index in [2.05, 4.69) is 36.1 Å². The number of likely N-dealkylation sites (tertiary alicyclic amines) is 1. The highest BCUT2D eigenvalue weighted by molar-refractivity contribution is 7.17. The molecule has 1 aromatic carbocycles. The normalized spacial score (nSPS) is 24.2. The Morgan fingerprint density at radius 1 is 1.22 bits per heavy atom. The highest BCUT2D eigenvalue weighted by Gasteiger charge is 2.37. The fourth-order valence-corrected chi connectivity index (χ4v) is 5.66. The first kappa shape index (κ1) is 18.3. The fourth-order valence-electron chi connectivity index (χ4n) is 4.47. The number of rotatable bonds is 4. The molecule has 3 aromatic rings. The van der Waals surface area contributed by atoms with Crippen LogP contribution in [0.25, 0.3) is 4.96 Å². The number of nitrogens with zero attached hydrogens (tertiary/aromatic N) is 3. The third-order valence-electron chi connectivity index (χ3n) is 5.45. The van der Waals surface area contributed by atoms with Gasteiger partial charge in [0.1, 0.15) is 16.5 Å². The minimum absolute atomic E-state index is 0.0647. The van der Waals surface area contributed by atoms with Crippen LogP contribution in [-0.2, 0) is 0 Å². The van der Waals surface area contributed by atoms with E-state index in [0.717, 1.165) is 28.7 Å². The van der Waals surface area contributed by atoms with Gasteiger partial charge in [-0.3, -0.25) is 0 Å². The SMILES string of the molecule is COc1ccc([C@H](c2sc3nc(C)nn3c2O)[NH+]2C[C@H](C)C[C@H](C)C2)cc1. The van der Waals surface area contributed by atoms with Gasteiger partial charge in [0.15, 0.2) is 6.04 Å². The number of aromatic hydroxyl groups is 1. The standard InChI is InChI=1S/C20H26N4O2S/c1-12-9-13(2)11-23(10-12)17(15-5-7-16(26-4)8-6-15)18-19(25)24-20(27-18)21-14(3)22-24/h5-8,12-13,17,25H,9-11H2,1-4H3/p+1/t12-,13+,17-/m1/s1. The summed E-state index contributed by atoms with van der Waals surface area (Å²) < 4.78 is 6.90. The van der Waals surface area contributed by atoms with Gasteiger partial charge in [0.05, 0.1) is 20.2 Å². The van der Waals surface area contributed by atoms with E-state index in [-0.39, 0.29) is 11.9 Å². The molecule has 0 spiro atoms. The smallest absolute Gasteiger partial charge is 0.235 e. The van der Waals surface area contributed by atoms with E-state index in [4.69, 9.17) is 4.74 Å². The van der Waals surface area contributed by atoms with Gasteiger partial charge >= 0.3 is 0 Å². The molecule has 1 fully saturated rings. The summed E-state index contributed by atoms with van der Waals surface area (Å²) in [6.45, 7) is 8.68. The molecule has 2 N–H and O–H groups in total. The molecule has 1 aliphatic heterocycles. The molecule has 0 amide bonds. The predicted molar refractivity (Wildman–Crippen MR) is 106 cm³/mol. The summed E-state index contributed by atoms with van der Waals surface area (Å²) in [5.74, 6) is 3.06. The first-order chi connectivity index (χ1) is 13.0. The zero-order valence-corrected chi connectivity index (χ0v) is 17.1. The average Bonchev–Trinajstić information content (AvgIpc) is 3.13. The first-order valence-electron chi connectivity index (χ1n) is 9.49. The average molecular weight is 388 g/mol. The Kier molecular flexibility index (Phi) is 4.82. The topological polar surface area (TPSA) is 64.1 Å². The van der Waals surface area contributed by atoms with E-state index >= 15 is 0 Å². The lowest BCUT2D eigenvalue weighted by atomic mass is 9.89. The maximum atomic E-state index is 10.9. The summed E-state index contributed by atoms with van der Waals surface area (Å²) >= 11 is 1.54. The lowest BCUT2D eigenvalue weighted by Crippen LogP contribution is -3.14. The van der Waals surface area contributed by atoms with Crippen LogP contribution in [0.5, 0.6) is 11.6 Å². The molecule has 6 nitrogen and oxygen atoms in total. The van der Waals surface area contributed by atoms with Crippen molar-refractivity contribution in [3.63, 3.8) is 0 Å². The van der Waals surface area contributed by atoms with E-state index in [0.29, 0.717) is 17.7 Å². The number of piperidine rings is 1. The molecular weight excluding hydrogens is 360 g/mol. The molecule has 0 aliphatic carbocycles. The van der Waals surface area contributed by atoms with Gasteiger partial charge in [0.25, 0.3) is 0 Å². The fraction of sp³-hybridized carbons (Fsp3) is 0.500. The second-order valence-electron chi connectivity index (χ2n) is 7.86. The van der Waals surface area contributed by atoms with Crippen molar-refractivity contribution in [3.05, 3.63) is 40.5 Å². The van der Waals surface area contributed by atoms with Crippen molar-refractivity contribution in [2.75, 3.05) is 20.2 Å². The summed E-state index contributed by atoms with van der Waals surface area (Å²) in [4.78, 5) is 7.63. The van der Waals surface area contributed by atoms with Crippen molar-refractivity contribution in [2.45, 2.75) is 33.2 Å². The number of aromatic nitrogens is 3. The van der Waals surface area contributed by atoms with Crippen LogP contribution in [0.4, 0.5) is 0 Å². The molecule has 0 radical (unpaired) electrons. The van der Waals surface area contributed by atoms with Crippen molar-refractivity contribution < 1.29 is 14.7 Å². The van der Waals surface area contributed by atoms with Gasteiger partial charge in [-0.15, -0.1) is 5.10 Å². The van der Waals surface area contributed by atoms with Gasteiger partial charge in [0, 0.05) is 17.4 Å². The number of ether oxygens (including phenoxy) is 1. The molecule has 1 aliphatic rings. The van der Waals surface area contributed by atoms with Crippen LogP contribution in [0.3, 0.4) is 0 Å². The van der Waals surface area contributed by atoms with Crippen LogP contribution in [0.1, 0.15) is 42.6 Å². The second kappa shape index (κ2) is 7.13. The number of fused-ring (bicyclic) bond motifs is 1. The van der Waals surface area contributed by atoms with E-state index in [1.165, 1.54) is 16.9 Å². The number of methoxy groups -OCH3 is 1. The number of aryl methyl sites for hydroxylation is 1. The number of hydrogen-bond acceptors (Lipinski definition) is 5. The monoisotopic (exact) mass is 387 g/mol. The van der Waals surface area contributed by atoms with Gasteiger partial charge in [-0.1, -0.05) is 25.2 Å². The zero-order chi connectivity index (χ0) is 19.1. The third-order valence-corrected chi connectivity index (χ3v) is 6.54. The van der Waals surface area contributed by atoms with Gasteiger partial charge in [-0.2, -0.15) is 4.52 Å². The van der Waals surface area contributed by atoms with E-state index in [1.54, 1.807) is 23.0 Å². The van der Waals surface area contributed by atoms with Gasteiger partial charge in [0.2, 0.25) is 10.8 Å². The van der Waals surface area contributed by atoms with Crippen molar-refractivity contribution in [2.24, 2.45) is 11.8 Å². The lowest BCUT2D eigenvalue weighted by Gasteiger charge is -2.37. The van der Waals surface area contributed by atoms with Crippen LogP contribution in [0.2, 0.25) is 0 Å². The second-order valence-corrected chi connectivity index (χ2v) is 8.87. The number of quaternary nitrogens is 1. The maximum Gasteiger partial charge on any atom is 0.235 e. The van der Waals surface area contributed by atoms with E-state index < -0.39 is 0 Å². The summed E-state index contributed by atoms with van der Waals surface area (Å²) in [5.41, 5.74) is 1.18. The maximum absolute atomic E-state index is 10.9. The van der Waals surface area contributed by atoms with Crippen molar-refractivity contribution in [3.8, 4) is 11.6 Å². The van der Waals surface area contributed by atoms with Gasteiger partial charge < -0.3 is 14.7 Å². The largest absolute Gasteiger partial charge is 0.497 e. The quantitative estimate of drug-likeness (QED) is 0.722. The van der Waals surface area contributed by atoms with Crippen molar-refractivity contribution >= 4 is 16.3 Å². The molecule has 0 bridgehead atoms. The lowest BCUT2D eigenvalue weighted by molar-refractivity contribution is -0.936. The highest BCUT2D eigenvalue weighted by atomic mass is 32.1. The predicted octanol–water partition coefficient (Wildman–Crippen LogP) is 2.46. The number of thiazole rings is 1. The van der Waals surface area contributed by atoms with Crippen molar-refractivity contribution in [1.82, 2.24) is 14.6 Å². The number of hydrogen-bond donors (Lipinski definition) is 2. The Labute approximate surface area is 163 Å². The Morgan fingerprint density at radius 3 is 2.48 bits per heavy atom. The summed E-state index contributed by atoms with van der Waals surface area (Å²) in [6, 6.07) is 8.28. The molecule has 3 heterocycles. The molecule has 0 saturated carbocycles. The highest BCUT2D eigenvalue weighted by Crippen LogP contribution is 2.36. The Hall–Kier alpha value is -2.12. The summed E-state index contributed by atoms with van der Waals surface area (Å²) in [5, 5.41) is 15.3. The van der Waals surface area contributed by atoms with Crippen LogP contribution in [-0.4, -0.2) is 39.9 Å². The van der Waals surface area contributed by atoms with E-state index in [9.17, 15) is 5.11 Å². The molecule has 144 valence electrons. The Morgan fingerprint density at radius 2 is 1.89 bits per heavy atom. The van der Waals surface area contributed by atoms with Gasteiger partial charge in [-0.05, 0) is 37.6 Å². The number of nitrogens with one attached hydrogen (secondary N) is 1. The number of benzene rings is 1. The summed E-state index contributed by atoms with van der Waals surface area (Å²) in [7, 11) is 1.68. The zero-order valence-electron chi connectivity index (χ0n) is 16.3. The molecule has 4 atom stereocenters. The first-order valence-corrected chi connectivity index (χ1v) is 10.3. The van der Waals surface area contributed by atoms with Crippen LogP contribution >= 0.6 is 11.3 Å². The molecule has 4 rings (SSSR count). The molecule has 1 saturated heterocycles. The van der Waals surface area contributed by atoms with Crippen LogP contribution < -0.4 is 9.64 Å². The third kappa shape index (κ3) is 3.41. The molecular formula is C20H27N4O2S+. The van der Waals surface area contributed by atoms with E-state index in [1.807, 2.05) is 19.1 Å². The molecule has 7 heteroatoms. The Balaban J connectivity index is 1.80.